The zero-order valence-corrected chi connectivity index (χ0v) is 16.9. The maximum Gasteiger partial charge on any atom is 0.351 e. The predicted molar refractivity (Wildman–Crippen MR) is 109 cm³/mol. The molecule has 0 radical (unpaired) electrons. The summed E-state index contributed by atoms with van der Waals surface area (Å²) in [6, 6.07) is 20.1. The van der Waals surface area contributed by atoms with Crippen LogP contribution >= 0.6 is 0 Å². The van der Waals surface area contributed by atoms with Gasteiger partial charge >= 0.3 is 12.0 Å². The van der Waals surface area contributed by atoms with Crippen molar-refractivity contribution >= 4 is 5.97 Å². The van der Waals surface area contributed by atoms with Crippen LogP contribution in [0.15, 0.2) is 66.7 Å². The van der Waals surface area contributed by atoms with Gasteiger partial charge < -0.3 is 14.6 Å². The van der Waals surface area contributed by atoms with E-state index in [1.807, 2.05) is 60.7 Å². The molecule has 0 saturated heterocycles. The number of aromatic nitrogens is 2. The van der Waals surface area contributed by atoms with E-state index in [2.05, 4.69) is 9.97 Å². The molecule has 1 atom stereocenters. The second-order valence-electron chi connectivity index (χ2n) is 6.99. The van der Waals surface area contributed by atoms with E-state index in [-0.39, 0.29) is 6.01 Å². The van der Waals surface area contributed by atoms with Crippen LogP contribution in [0.1, 0.15) is 29.4 Å². The van der Waals surface area contributed by atoms with Crippen LogP contribution < -0.4 is 4.74 Å². The molecule has 2 aromatic carbocycles. The fraction of sp³-hybridized carbons (Fsp3) is 0.261. The predicted octanol–water partition coefficient (Wildman–Crippen LogP) is 3.91. The molecule has 0 amide bonds. The molecule has 3 aromatic rings. The number of benzene rings is 2. The lowest BCUT2D eigenvalue weighted by Gasteiger charge is -2.44. The topological polar surface area (TPSA) is 81.5 Å². The van der Waals surface area contributed by atoms with Crippen LogP contribution in [0.3, 0.4) is 0 Å². The minimum atomic E-state index is -1.87. The molecule has 0 aliphatic carbocycles. The summed E-state index contributed by atoms with van der Waals surface area (Å²) in [5.74, 6) is -1.20. The zero-order chi connectivity index (χ0) is 21.1. The molecule has 0 bridgehead atoms. The van der Waals surface area contributed by atoms with E-state index >= 15 is 0 Å². The van der Waals surface area contributed by atoms with Gasteiger partial charge in [0.15, 0.2) is 5.60 Å². The lowest BCUT2D eigenvalue weighted by molar-refractivity contribution is -0.183. The van der Waals surface area contributed by atoms with Gasteiger partial charge in [0.2, 0.25) is 5.60 Å². The van der Waals surface area contributed by atoms with Crippen LogP contribution in [-0.4, -0.2) is 33.8 Å². The average molecular weight is 392 g/mol. The Labute approximate surface area is 170 Å². The van der Waals surface area contributed by atoms with E-state index in [1.165, 1.54) is 14.0 Å². The first-order chi connectivity index (χ1) is 13.8. The van der Waals surface area contributed by atoms with Crippen molar-refractivity contribution in [2.45, 2.75) is 32.0 Å². The maximum absolute atomic E-state index is 12.7. The number of carboxylic acids is 1. The summed E-state index contributed by atoms with van der Waals surface area (Å²) in [6.45, 7) is 5.09. The van der Waals surface area contributed by atoms with Gasteiger partial charge in [0.25, 0.3) is 0 Å². The quantitative estimate of drug-likeness (QED) is 0.657. The summed E-state index contributed by atoms with van der Waals surface area (Å²) >= 11 is 0. The Morgan fingerprint density at radius 2 is 1.34 bits per heavy atom. The molecular formula is C23H24N2O4. The molecule has 1 unspecified atom stereocenters. The summed E-state index contributed by atoms with van der Waals surface area (Å²) in [4.78, 5) is 21.3. The summed E-state index contributed by atoms with van der Waals surface area (Å²) in [5, 5.41) is 10.4. The Morgan fingerprint density at radius 1 is 0.897 bits per heavy atom. The van der Waals surface area contributed by atoms with Gasteiger partial charge in [-0.15, -0.1) is 0 Å². The molecular weight excluding hydrogens is 368 g/mol. The summed E-state index contributed by atoms with van der Waals surface area (Å²) in [6.07, 6.45) is 0. The number of nitrogens with zero attached hydrogens (tertiary/aromatic N) is 2. The molecule has 0 fully saturated rings. The largest absolute Gasteiger partial charge is 0.478 e. The summed E-state index contributed by atoms with van der Waals surface area (Å²) < 4.78 is 12.1. The highest BCUT2D eigenvalue weighted by molar-refractivity contribution is 5.81. The van der Waals surface area contributed by atoms with E-state index in [1.54, 1.807) is 19.9 Å². The molecule has 3 rings (SSSR count). The molecule has 0 spiro atoms. The molecule has 6 nitrogen and oxygen atoms in total. The van der Waals surface area contributed by atoms with Crippen molar-refractivity contribution in [1.29, 1.82) is 0 Å². The fourth-order valence-corrected chi connectivity index (χ4v) is 3.68. The van der Waals surface area contributed by atoms with Crippen molar-refractivity contribution in [2.75, 3.05) is 7.11 Å². The highest BCUT2D eigenvalue weighted by Gasteiger charge is 2.59. The van der Waals surface area contributed by atoms with Crippen LogP contribution in [0.2, 0.25) is 0 Å². The lowest BCUT2D eigenvalue weighted by Crippen LogP contribution is -2.60. The first-order valence-corrected chi connectivity index (χ1v) is 9.24. The number of hydrogen-bond donors (Lipinski definition) is 1. The lowest BCUT2D eigenvalue weighted by atomic mass is 9.73. The van der Waals surface area contributed by atoms with Gasteiger partial charge in [0.1, 0.15) is 0 Å². The van der Waals surface area contributed by atoms with Crippen LogP contribution in [0.5, 0.6) is 6.01 Å². The monoisotopic (exact) mass is 392 g/mol. The Morgan fingerprint density at radius 3 is 1.72 bits per heavy atom. The fourth-order valence-electron chi connectivity index (χ4n) is 3.68. The Kier molecular flexibility index (Phi) is 5.66. The van der Waals surface area contributed by atoms with Crippen molar-refractivity contribution in [3.63, 3.8) is 0 Å². The third kappa shape index (κ3) is 3.59. The Hall–Kier alpha value is -3.25. The number of aryl methyl sites for hydroxylation is 2. The second-order valence-corrected chi connectivity index (χ2v) is 6.99. The van der Waals surface area contributed by atoms with E-state index in [9.17, 15) is 9.90 Å². The second kappa shape index (κ2) is 8.01. The SMILES string of the molecule is COC(c1ccccc1)(c1ccccc1)C(C)(Oc1nc(C)cc(C)n1)C(=O)O. The minimum Gasteiger partial charge on any atom is -0.478 e. The number of aliphatic carboxylic acids is 1. The molecule has 1 heterocycles. The Bertz CT molecular complexity index is 933. The number of hydrogen-bond acceptors (Lipinski definition) is 5. The summed E-state index contributed by atoms with van der Waals surface area (Å²) in [7, 11) is 1.48. The number of carboxylic acid groups (broad SMARTS) is 1. The van der Waals surface area contributed by atoms with Gasteiger partial charge in [-0.1, -0.05) is 60.7 Å². The van der Waals surface area contributed by atoms with Gasteiger partial charge in [-0.25, -0.2) is 14.8 Å². The first kappa shape index (κ1) is 20.5. The van der Waals surface area contributed by atoms with E-state index in [0.29, 0.717) is 22.5 Å². The number of rotatable bonds is 7. The standard InChI is InChI=1S/C23H24N2O4/c1-16-15-17(2)25-21(24-16)29-22(3,20(26)27)23(28-4,18-11-7-5-8-12-18)19-13-9-6-10-14-19/h5-15H,1-4H3,(H,26,27). The molecule has 0 aliphatic heterocycles. The van der Waals surface area contributed by atoms with Crippen LogP contribution in [0.4, 0.5) is 0 Å². The molecule has 150 valence electrons. The molecule has 29 heavy (non-hydrogen) atoms. The Balaban J connectivity index is 2.29. The molecule has 1 N–H and O–H groups in total. The maximum atomic E-state index is 12.7. The van der Waals surface area contributed by atoms with Crippen molar-refractivity contribution in [3.05, 3.63) is 89.2 Å². The number of methoxy groups -OCH3 is 1. The highest BCUT2D eigenvalue weighted by Crippen LogP contribution is 2.45. The van der Waals surface area contributed by atoms with Crippen LogP contribution in [0, 0.1) is 13.8 Å². The van der Waals surface area contributed by atoms with E-state index in [0.717, 1.165) is 0 Å². The first-order valence-electron chi connectivity index (χ1n) is 9.24. The van der Waals surface area contributed by atoms with Crippen molar-refractivity contribution in [1.82, 2.24) is 9.97 Å². The van der Waals surface area contributed by atoms with Crippen molar-refractivity contribution < 1.29 is 19.4 Å². The smallest absolute Gasteiger partial charge is 0.351 e. The third-order valence-corrected chi connectivity index (χ3v) is 5.00. The van der Waals surface area contributed by atoms with Gasteiger partial charge in [0.05, 0.1) is 0 Å². The van der Waals surface area contributed by atoms with Gasteiger partial charge in [0, 0.05) is 18.5 Å². The van der Waals surface area contributed by atoms with Gasteiger partial charge in [-0.3, -0.25) is 0 Å². The molecule has 1 aromatic heterocycles. The van der Waals surface area contributed by atoms with Gasteiger partial charge in [-0.2, -0.15) is 0 Å². The number of ether oxygens (including phenoxy) is 2. The number of carbonyl (C=O) groups is 1. The molecule has 6 heteroatoms. The third-order valence-electron chi connectivity index (χ3n) is 5.00. The van der Waals surface area contributed by atoms with E-state index < -0.39 is 17.2 Å². The molecule has 0 saturated carbocycles. The normalized spacial score (nSPS) is 13.5. The highest BCUT2D eigenvalue weighted by atomic mass is 16.6. The van der Waals surface area contributed by atoms with Gasteiger partial charge in [-0.05, 0) is 38.0 Å². The van der Waals surface area contributed by atoms with Crippen molar-refractivity contribution in [3.8, 4) is 6.01 Å². The van der Waals surface area contributed by atoms with Crippen LogP contribution in [0.25, 0.3) is 0 Å². The van der Waals surface area contributed by atoms with Crippen LogP contribution in [-0.2, 0) is 15.1 Å². The minimum absolute atomic E-state index is 0.0133. The zero-order valence-electron chi connectivity index (χ0n) is 16.9. The van der Waals surface area contributed by atoms with Crippen molar-refractivity contribution in [2.24, 2.45) is 0 Å². The molecule has 0 aliphatic rings. The van der Waals surface area contributed by atoms with E-state index in [4.69, 9.17) is 9.47 Å². The summed E-state index contributed by atoms with van der Waals surface area (Å²) in [5.41, 5.74) is -0.677. The average Bonchev–Trinajstić information content (AvgIpc) is 2.69.